The third-order valence-corrected chi connectivity index (χ3v) is 2.74. The fraction of sp³-hybridized carbons (Fsp3) is 0.364. The molecule has 1 aromatic carbocycles. The Morgan fingerprint density at radius 2 is 1.67 bits per heavy atom. The quantitative estimate of drug-likeness (QED) is 0.523. The molecule has 0 unspecified atom stereocenters. The van der Waals surface area contributed by atoms with Gasteiger partial charge in [0.05, 0.1) is 0 Å². The zero-order chi connectivity index (χ0) is 10.7. The Morgan fingerprint density at radius 1 is 1.07 bits per heavy atom. The van der Waals surface area contributed by atoms with Gasteiger partial charge in [-0.1, -0.05) is 18.2 Å². The van der Waals surface area contributed by atoms with Gasteiger partial charge in [-0.25, -0.2) is 0 Å². The van der Waals surface area contributed by atoms with Crippen LogP contribution in [0.15, 0.2) is 30.3 Å². The van der Waals surface area contributed by atoms with Crippen LogP contribution in [0.5, 0.6) is 0 Å². The second-order valence-electron chi connectivity index (χ2n) is 3.69. The molecule has 1 aliphatic rings. The molecule has 1 fully saturated rings. The molecule has 0 bridgehead atoms. The molecule has 0 saturated carbocycles. The van der Waals surface area contributed by atoms with E-state index in [1.807, 2.05) is 23.1 Å². The number of benzene rings is 1. The Morgan fingerprint density at radius 3 is 2.20 bits per heavy atom. The van der Waals surface area contributed by atoms with Gasteiger partial charge in [0.15, 0.2) is 5.96 Å². The number of anilines is 1. The van der Waals surface area contributed by atoms with Crippen LogP contribution >= 0.6 is 0 Å². The van der Waals surface area contributed by atoms with Crippen LogP contribution in [0.1, 0.15) is 0 Å². The maximum atomic E-state index is 7.34. The fourth-order valence-corrected chi connectivity index (χ4v) is 1.84. The van der Waals surface area contributed by atoms with Gasteiger partial charge in [0.25, 0.3) is 0 Å². The van der Waals surface area contributed by atoms with Crippen molar-refractivity contribution in [3.8, 4) is 0 Å². The van der Waals surface area contributed by atoms with E-state index in [-0.39, 0.29) is 5.96 Å². The van der Waals surface area contributed by atoms with Crippen LogP contribution in [0, 0.1) is 5.41 Å². The second kappa shape index (κ2) is 4.21. The van der Waals surface area contributed by atoms with Crippen molar-refractivity contribution < 1.29 is 0 Å². The van der Waals surface area contributed by atoms with E-state index in [9.17, 15) is 0 Å². The van der Waals surface area contributed by atoms with Crippen molar-refractivity contribution in [3.63, 3.8) is 0 Å². The highest BCUT2D eigenvalue weighted by Crippen LogP contribution is 2.14. The molecule has 1 heterocycles. The number of piperazine rings is 1. The molecule has 0 aliphatic carbocycles. The van der Waals surface area contributed by atoms with Crippen LogP contribution in [-0.2, 0) is 0 Å². The smallest absolute Gasteiger partial charge is 0.188 e. The first-order chi connectivity index (χ1) is 7.27. The summed E-state index contributed by atoms with van der Waals surface area (Å²) in [6.45, 7) is 3.54. The summed E-state index contributed by atoms with van der Waals surface area (Å²) in [5, 5.41) is 7.34. The monoisotopic (exact) mass is 204 g/mol. The second-order valence-corrected chi connectivity index (χ2v) is 3.69. The van der Waals surface area contributed by atoms with Gasteiger partial charge in [-0.05, 0) is 12.1 Å². The van der Waals surface area contributed by atoms with E-state index >= 15 is 0 Å². The Kier molecular flexibility index (Phi) is 2.76. The molecule has 0 spiro atoms. The van der Waals surface area contributed by atoms with Gasteiger partial charge in [0.1, 0.15) is 0 Å². The number of nitrogens with zero attached hydrogens (tertiary/aromatic N) is 2. The maximum absolute atomic E-state index is 7.34. The number of hydrogen-bond acceptors (Lipinski definition) is 2. The Balaban J connectivity index is 1.97. The Hall–Kier alpha value is -1.71. The molecular weight excluding hydrogens is 188 g/mol. The maximum Gasteiger partial charge on any atom is 0.188 e. The standard InChI is InChI=1S/C11H16N4/c12-11(13)15-8-6-14(7-9-15)10-4-2-1-3-5-10/h1-5H,6-9H2,(H3,12,13). The van der Waals surface area contributed by atoms with E-state index in [0.29, 0.717) is 0 Å². The van der Waals surface area contributed by atoms with Crippen LogP contribution in [0.25, 0.3) is 0 Å². The van der Waals surface area contributed by atoms with Crippen molar-refractivity contribution in [2.75, 3.05) is 31.1 Å². The highest BCUT2D eigenvalue weighted by Gasteiger charge is 2.17. The van der Waals surface area contributed by atoms with Gasteiger partial charge >= 0.3 is 0 Å². The molecule has 1 aromatic rings. The van der Waals surface area contributed by atoms with Crippen LogP contribution in [0.2, 0.25) is 0 Å². The first kappa shape index (κ1) is 9.83. The van der Waals surface area contributed by atoms with E-state index in [2.05, 4.69) is 17.0 Å². The van der Waals surface area contributed by atoms with E-state index in [1.165, 1.54) is 5.69 Å². The molecule has 80 valence electrons. The summed E-state index contributed by atoms with van der Waals surface area (Å²) in [5.41, 5.74) is 6.69. The summed E-state index contributed by atoms with van der Waals surface area (Å²) in [6, 6.07) is 10.3. The van der Waals surface area contributed by atoms with Crippen LogP contribution in [0.4, 0.5) is 5.69 Å². The molecule has 2 rings (SSSR count). The molecule has 1 aliphatic heterocycles. The van der Waals surface area contributed by atoms with Crippen molar-refractivity contribution in [3.05, 3.63) is 30.3 Å². The van der Waals surface area contributed by atoms with Crippen molar-refractivity contribution in [2.45, 2.75) is 0 Å². The third-order valence-electron chi connectivity index (χ3n) is 2.74. The van der Waals surface area contributed by atoms with Crippen molar-refractivity contribution in [1.29, 1.82) is 5.41 Å². The minimum atomic E-state index is 0.183. The number of hydrogen-bond donors (Lipinski definition) is 2. The van der Waals surface area contributed by atoms with Crippen LogP contribution < -0.4 is 10.6 Å². The van der Waals surface area contributed by atoms with Gasteiger partial charge in [0.2, 0.25) is 0 Å². The molecule has 4 heteroatoms. The summed E-state index contributed by atoms with van der Waals surface area (Å²) < 4.78 is 0. The van der Waals surface area contributed by atoms with E-state index < -0.39 is 0 Å². The van der Waals surface area contributed by atoms with Gasteiger partial charge in [0, 0.05) is 31.9 Å². The molecule has 1 saturated heterocycles. The number of rotatable bonds is 1. The molecule has 0 radical (unpaired) electrons. The summed E-state index contributed by atoms with van der Waals surface area (Å²) in [7, 11) is 0. The molecule has 0 aromatic heterocycles. The van der Waals surface area contributed by atoms with Crippen molar-refractivity contribution >= 4 is 11.6 Å². The highest BCUT2D eigenvalue weighted by molar-refractivity contribution is 5.74. The first-order valence-corrected chi connectivity index (χ1v) is 5.16. The predicted octanol–water partition coefficient (Wildman–Crippen LogP) is 0.702. The third kappa shape index (κ3) is 2.21. The van der Waals surface area contributed by atoms with Gasteiger partial charge in [-0.3, -0.25) is 5.41 Å². The van der Waals surface area contributed by atoms with Gasteiger partial charge in [-0.2, -0.15) is 0 Å². The zero-order valence-electron chi connectivity index (χ0n) is 8.69. The fourth-order valence-electron chi connectivity index (χ4n) is 1.84. The molecule has 0 amide bonds. The highest BCUT2D eigenvalue weighted by atomic mass is 15.3. The summed E-state index contributed by atoms with van der Waals surface area (Å²) >= 11 is 0. The molecule has 4 nitrogen and oxygen atoms in total. The summed E-state index contributed by atoms with van der Waals surface area (Å²) in [5.74, 6) is 0.183. The normalized spacial score (nSPS) is 16.5. The van der Waals surface area contributed by atoms with Crippen molar-refractivity contribution in [1.82, 2.24) is 4.90 Å². The van der Waals surface area contributed by atoms with E-state index in [4.69, 9.17) is 11.1 Å². The molecule has 0 atom stereocenters. The molecule has 15 heavy (non-hydrogen) atoms. The lowest BCUT2D eigenvalue weighted by molar-refractivity contribution is 0.380. The Labute approximate surface area is 89.8 Å². The van der Waals surface area contributed by atoms with Crippen LogP contribution in [-0.4, -0.2) is 37.0 Å². The average Bonchev–Trinajstić information content (AvgIpc) is 2.30. The Bertz CT molecular complexity index is 328. The lowest BCUT2D eigenvalue weighted by Crippen LogP contribution is -2.50. The largest absolute Gasteiger partial charge is 0.370 e. The van der Waals surface area contributed by atoms with Crippen molar-refractivity contribution in [2.24, 2.45) is 5.73 Å². The topological polar surface area (TPSA) is 56.4 Å². The first-order valence-electron chi connectivity index (χ1n) is 5.16. The zero-order valence-corrected chi connectivity index (χ0v) is 8.69. The number of nitrogens with two attached hydrogens (primary N) is 1. The van der Waals surface area contributed by atoms with Crippen LogP contribution in [0.3, 0.4) is 0 Å². The molecule has 3 N–H and O–H groups in total. The van der Waals surface area contributed by atoms with Gasteiger partial charge in [-0.15, -0.1) is 0 Å². The number of para-hydroxylation sites is 1. The molecular formula is C11H16N4. The van der Waals surface area contributed by atoms with Gasteiger partial charge < -0.3 is 15.5 Å². The number of guanidine groups is 1. The van der Waals surface area contributed by atoms with E-state index in [0.717, 1.165) is 26.2 Å². The minimum Gasteiger partial charge on any atom is -0.370 e. The van der Waals surface area contributed by atoms with E-state index in [1.54, 1.807) is 0 Å². The lowest BCUT2D eigenvalue weighted by Gasteiger charge is -2.36. The predicted molar refractivity (Wildman–Crippen MR) is 62.1 cm³/mol. The summed E-state index contributed by atoms with van der Waals surface area (Å²) in [6.07, 6.45) is 0. The minimum absolute atomic E-state index is 0.183. The number of nitrogens with one attached hydrogen (secondary N) is 1. The average molecular weight is 204 g/mol. The lowest BCUT2D eigenvalue weighted by atomic mass is 10.2. The summed E-state index contributed by atoms with van der Waals surface area (Å²) in [4.78, 5) is 4.22. The SMILES string of the molecule is N=C(N)N1CCN(c2ccccc2)CC1.